The van der Waals surface area contributed by atoms with Crippen molar-refractivity contribution in [1.82, 2.24) is 25.4 Å². The summed E-state index contributed by atoms with van der Waals surface area (Å²) in [6, 6.07) is 14.2. The van der Waals surface area contributed by atoms with Crippen molar-refractivity contribution in [2.45, 2.75) is 19.5 Å². The number of aromatic nitrogens is 3. The quantitative estimate of drug-likeness (QED) is 0.388. The summed E-state index contributed by atoms with van der Waals surface area (Å²) < 4.78 is 20.2. The second-order valence-electron chi connectivity index (χ2n) is 7.73. The number of ether oxygens (including phenoxy) is 1. The van der Waals surface area contributed by atoms with E-state index in [-0.39, 0.29) is 23.4 Å². The molecular formula is C25H24FN5O3S. The molecule has 10 heteroatoms. The summed E-state index contributed by atoms with van der Waals surface area (Å²) >= 11 is 1.48. The normalized spacial score (nSPS) is 11.8. The Balaban J connectivity index is 1.56. The highest BCUT2D eigenvalue weighted by molar-refractivity contribution is 7.15. The lowest BCUT2D eigenvalue weighted by molar-refractivity contribution is 0.0933. The standard InChI is InChI=1S/C25H24FN5O3S/c1-15(21-9-10-22(35-21)18-13-17(26)7-6-16(18)14-27-2)29-24(33)19-8-11-23(32)31(30-19)20-5-4-12-28-25(20)34-3/h4-13,15,27H,14H2,1-3H3,(H,29,33)/t15-/m1/s1. The third-order valence-corrected chi connectivity index (χ3v) is 6.61. The zero-order chi connectivity index (χ0) is 24.9. The molecule has 3 aromatic heterocycles. The van der Waals surface area contributed by atoms with Crippen molar-refractivity contribution in [3.05, 3.63) is 93.1 Å². The first-order valence-corrected chi connectivity index (χ1v) is 11.7. The van der Waals surface area contributed by atoms with Gasteiger partial charge in [0.05, 0.1) is 13.2 Å². The minimum atomic E-state index is -0.439. The first kappa shape index (κ1) is 24.2. The van der Waals surface area contributed by atoms with Crippen LogP contribution in [0.3, 0.4) is 0 Å². The molecule has 1 atom stereocenters. The Morgan fingerprint density at radius 1 is 1.20 bits per heavy atom. The van der Waals surface area contributed by atoms with E-state index in [1.54, 1.807) is 18.2 Å². The lowest BCUT2D eigenvalue weighted by atomic mass is 10.1. The van der Waals surface area contributed by atoms with Gasteiger partial charge in [0, 0.05) is 28.6 Å². The fourth-order valence-corrected chi connectivity index (χ4v) is 4.66. The fraction of sp³-hybridized carbons (Fsp3) is 0.200. The van der Waals surface area contributed by atoms with Gasteiger partial charge in [-0.25, -0.2) is 9.37 Å². The maximum atomic E-state index is 13.9. The molecule has 2 N–H and O–H groups in total. The van der Waals surface area contributed by atoms with Crippen molar-refractivity contribution >= 4 is 17.2 Å². The number of pyridine rings is 1. The first-order valence-electron chi connectivity index (χ1n) is 10.8. The molecule has 0 fully saturated rings. The number of methoxy groups -OCH3 is 1. The molecule has 0 saturated carbocycles. The summed E-state index contributed by atoms with van der Waals surface area (Å²) in [6.07, 6.45) is 1.53. The Kier molecular flexibility index (Phi) is 7.33. The predicted octanol–water partition coefficient (Wildman–Crippen LogP) is 3.71. The van der Waals surface area contributed by atoms with Gasteiger partial charge in [-0.2, -0.15) is 9.78 Å². The lowest BCUT2D eigenvalue weighted by Gasteiger charge is -2.13. The molecule has 4 aromatic rings. The number of hydrogen-bond acceptors (Lipinski definition) is 7. The second kappa shape index (κ2) is 10.6. The molecule has 0 bridgehead atoms. The number of halogens is 1. The number of thiophene rings is 1. The van der Waals surface area contributed by atoms with Crippen LogP contribution >= 0.6 is 11.3 Å². The molecule has 4 rings (SSSR count). The number of amides is 1. The van der Waals surface area contributed by atoms with Gasteiger partial charge in [0.1, 0.15) is 17.2 Å². The summed E-state index contributed by atoms with van der Waals surface area (Å²) in [6.45, 7) is 2.46. The SMILES string of the molecule is CNCc1ccc(F)cc1-c1ccc([C@@H](C)NC(=O)c2ccc(=O)n(-c3cccnc3OC)n2)s1. The van der Waals surface area contributed by atoms with E-state index in [1.807, 2.05) is 26.1 Å². The van der Waals surface area contributed by atoms with Gasteiger partial charge in [-0.15, -0.1) is 11.3 Å². The van der Waals surface area contributed by atoms with E-state index >= 15 is 0 Å². The van der Waals surface area contributed by atoms with Gasteiger partial charge in [-0.05, 0) is 67.6 Å². The molecule has 0 aliphatic rings. The highest BCUT2D eigenvalue weighted by atomic mass is 32.1. The van der Waals surface area contributed by atoms with E-state index < -0.39 is 11.5 Å². The summed E-state index contributed by atoms with van der Waals surface area (Å²) in [5, 5.41) is 10.2. The molecular weight excluding hydrogens is 469 g/mol. The molecule has 8 nitrogen and oxygen atoms in total. The third kappa shape index (κ3) is 5.28. The number of nitrogens with one attached hydrogen (secondary N) is 2. The van der Waals surface area contributed by atoms with E-state index in [0.29, 0.717) is 12.2 Å². The Morgan fingerprint density at radius 2 is 2.03 bits per heavy atom. The molecule has 0 aliphatic carbocycles. The Bertz CT molecular complexity index is 1420. The van der Waals surface area contributed by atoms with Gasteiger partial charge in [-0.3, -0.25) is 9.59 Å². The van der Waals surface area contributed by atoms with Crippen LogP contribution in [0.2, 0.25) is 0 Å². The number of hydrogen-bond donors (Lipinski definition) is 2. The van der Waals surface area contributed by atoms with E-state index in [0.717, 1.165) is 25.6 Å². The molecule has 0 unspecified atom stereocenters. The molecule has 0 spiro atoms. The number of carbonyl (C=O) groups is 1. The largest absolute Gasteiger partial charge is 0.479 e. The second-order valence-corrected chi connectivity index (χ2v) is 8.84. The van der Waals surface area contributed by atoms with Crippen LogP contribution in [0.5, 0.6) is 5.88 Å². The minimum absolute atomic E-state index is 0.0700. The van der Waals surface area contributed by atoms with Gasteiger partial charge >= 0.3 is 0 Å². The van der Waals surface area contributed by atoms with Crippen LogP contribution in [-0.2, 0) is 6.54 Å². The van der Waals surface area contributed by atoms with Crippen LogP contribution in [0.1, 0.15) is 33.9 Å². The summed E-state index contributed by atoms with van der Waals surface area (Å²) in [4.78, 5) is 31.2. The van der Waals surface area contributed by atoms with Gasteiger partial charge in [-0.1, -0.05) is 6.07 Å². The van der Waals surface area contributed by atoms with Crippen molar-refractivity contribution in [2.24, 2.45) is 0 Å². The van der Waals surface area contributed by atoms with Crippen molar-refractivity contribution in [3.8, 4) is 22.0 Å². The minimum Gasteiger partial charge on any atom is -0.479 e. The smallest absolute Gasteiger partial charge is 0.272 e. The van der Waals surface area contributed by atoms with E-state index in [2.05, 4.69) is 20.7 Å². The van der Waals surface area contributed by atoms with Gasteiger partial charge < -0.3 is 15.4 Å². The monoisotopic (exact) mass is 493 g/mol. The van der Waals surface area contributed by atoms with Crippen molar-refractivity contribution in [3.63, 3.8) is 0 Å². The summed E-state index contributed by atoms with van der Waals surface area (Å²) in [5.74, 6) is -0.526. The Morgan fingerprint density at radius 3 is 2.80 bits per heavy atom. The predicted molar refractivity (Wildman–Crippen MR) is 133 cm³/mol. The third-order valence-electron chi connectivity index (χ3n) is 5.31. The highest BCUT2D eigenvalue weighted by Gasteiger charge is 2.18. The van der Waals surface area contributed by atoms with E-state index in [1.165, 1.54) is 48.9 Å². The molecule has 1 aromatic carbocycles. The first-order chi connectivity index (χ1) is 16.9. The van der Waals surface area contributed by atoms with Gasteiger partial charge in [0.25, 0.3) is 11.5 Å². The van der Waals surface area contributed by atoms with Crippen LogP contribution in [0.4, 0.5) is 4.39 Å². The van der Waals surface area contributed by atoms with Crippen LogP contribution in [0, 0.1) is 5.82 Å². The molecule has 0 aliphatic heterocycles. The molecule has 1 amide bonds. The lowest BCUT2D eigenvalue weighted by Crippen LogP contribution is -2.30. The zero-order valence-electron chi connectivity index (χ0n) is 19.4. The molecule has 180 valence electrons. The maximum Gasteiger partial charge on any atom is 0.272 e. The van der Waals surface area contributed by atoms with Crippen molar-refractivity contribution in [1.29, 1.82) is 0 Å². The number of benzene rings is 1. The maximum absolute atomic E-state index is 13.9. The average Bonchev–Trinajstić information content (AvgIpc) is 3.36. The van der Waals surface area contributed by atoms with Crippen molar-refractivity contribution < 1.29 is 13.9 Å². The van der Waals surface area contributed by atoms with E-state index in [9.17, 15) is 14.0 Å². The van der Waals surface area contributed by atoms with Crippen LogP contribution in [0.25, 0.3) is 16.1 Å². The van der Waals surface area contributed by atoms with Gasteiger partial charge in [0.15, 0.2) is 0 Å². The van der Waals surface area contributed by atoms with Crippen LogP contribution < -0.4 is 20.9 Å². The van der Waals surface area contributed by atoms with Crippen molar-refractivity contribution in [2.75, 3.05) is 14.2 Å². The highest BCUT2D eigenvalue weighted by Crippen LogP contribution is 2.34. The number of nitrogens with zero attached hydrogens (tertiary/aromatic N) is 3. The van der Waals surface area contributed by atoms with Crippen LogP contribution in [-0.4, -0.2) is 34.8 Å². The molecule has 0 radical (unpaired) electrons. The molecule has 0 saturated heterocycles. The molecule has 35 heavy (non-hydrogen) atoms. The summed E-state index contributed by atoms with van der Waals surface area (Å²) in [7, 11) is 3.28. The Labute approximate surface area is 205 Å². The summed E-state index contributed by atoms with van der Waals surface area (Å²) in [5.41, 5.74) is 1.78. The number of carbonyl (C=O) groups excluding carboxylic acids is 1. The van der Waals surface area contributed by atoms with Crippen LogP contribution in [0.15, 0.2) is 65.6 Å². The average molecular weight is 494 g/mol. The zero-order valence-corrected chi connectivity index (χ0v) is 20.2. The fourth-order valence-electron chi connectivity index (χ4n) is 3.60. The Hall–Kier alpha value is -3.89. The number of rotatable bonds is 8. The van der Waals surface area contributed by atoms with Gasteiger partial charge in [0.2, 0.25) is 5.88 Å². The topological polar surface area (TPSA) is 98.1 Å². The molecule has 3 heterocycles. The van der Waals surface area contributed by atoms with E-state index in [4.69, 9.17) is 4.74 Å².